The SMILES string of the molecule is Nc1cnccc1C1CCC1. The van der Waals surface area contributed by atoms with Gasteiger partial charge in [-0.1, -0.05) is 6.42 Å². The molecule has 1 aromatic rings. The van der Waals surface area contributed by atoms with Crippen LogP contribution in [0.2, 0.25) is 0 Å². The molecular weight excluding hydrogens is 136 g/mol. The van der Waals surface area contributed by atoms with Crippen molar-refractivity contribution >= 4 is 5.69 Å². The Labute approximate surface area is 66.4 Å². The molecule has 0 atom stereocenters. The molecule has 2 N–H and O–H groups in total. The van der Waals surface area contributed by atoms with Gasteiger partial charge in [0.2, 0.25) is 0 Å². The van der Waals surface area contributed by atoms with E-state index >= 15 is 0 Å². The van der Waals surface area contributed by atoms with E-state index in [1.54, 1.807) is 6.20 Å². The van der Waals surface area contributed by atoms with Crippen LogP contribution in [-0.4, -0.2) is 4.98 Å². The highest BCUT2D eigenvalue weighted by atomic mass is 14.7. The number of hydrogen-bond donors (Lipinski definition) is 1. The van der Waals surface area contributed by atoms with E-state index in [0.29, 0.717) is 0 Å². The molecule has 2 heteroatoms. The first kappa shape index (κ1) is 6.65. The lowest BCUT2D eigenvalue weighted by Crippen LogP contribution is -2.10. The van der Waals surface area contributed by atoms with E-state index in [1.807, 2.05) is 12.3 Å². The van der Waals surface area contributed by atoms with Crippen LogP contribution >= 0.6 is 0 Å². The molecule has 11 heavy (non-hydrogen) atoms. The Bertz CT molecular complexity index is 253. The lowest BCUT2D eigenvalue weighted by atomic mass is 9.80. The molecule has 1 saturated carbocycles. The van der Waals surface area contributed by atoms with E-state index in [4.69, 9.17) is 5.73 Å². The van der Waals surface area contributed by atoms with Crippen molar-refractivity contribution in [3.05, 3.63) is 24.0 Å². The second-order valence-corrected chi connectivity index (χ2v) is 3.13. The number of anilines is 1. The highest BCUT2D eigenvalue weighted by Gasteiger charge is 2.20. The summed E-state index contributed by atoms with van der Waals surface area (Å²) in [6.07, 6.45) is 7.52. The maximum absolute atomic E-state index is 5.77. The maximum Gasteiger partial charge on any atom is 0.0535 e. The smallest absolute Gasteiger partial charge is 0.0535 e. The Morgan fingerprint density at radius 2 is 2.27 bits per heavy atom. The van der Waals surface area contributed by atoms with Crippen LogP contribution in [0.4, 0.5) is 5.69 Å². The van der Waals surface area contributed by atoms with Crippen LogP contribution in [0, 0.1) is 0 Å². The largest absolute Gasteiger partial charge is 0.397 e. The highest BCUT2D eigenvalue weighted by Crippen LogP contribution is 2.38. The Hall–Kier alpha value is -1.05. The summed E-state index contributed by atoms with van der Waals surface area (Å²) in [4.78, 5) is 3.96. The first-order valence-corrected chi connectivity index (χ1v) is 4.07. The number of nitrogens with two attached hydrogens (primary N) is 1. The number of nitrogen functional groups attached to an aromatic ring is 1. The van der Waals surface area contributed by atoms with Crippen LogP contribution < -0.4 is 5.73 Å². The van der Waals surface area contributed by atoms with Crippen LogP contribution in [0.3, 0.4) is 0 Å². The second-order valence-electron chi connectivity index (χ2n) is 3.13. The van der Waals surface area contributed by atoms with Crippen LogP contribution in [0.15, 0.2) is 18.5 Å². The van der Waals surface area contributed by atoms with E-state index in [-0.39, 0.29) is 0 Å². The third-order valence-electron chi connectivity index (χ3n) is 2.43. The average Bonchev–Trinajstić information content (AvgIpc) is 1.90. The molecule has 0 amide bonds. The fourth-order valence-corrected chi connectivity index (χ4v) is 1.51. The minimum Gasteiger partial charge on any atom is -0.397 e. The average molecular weight is 148 g/mol. The molecule has 1 aliphatic rings. The van der Waals surface area contributed by atoms with Gasteiger partial charge in [0.15, 0.2) is 0 Å². The first-order valence-electron chi connectivity index (χ1n) is 4.07. The van der Waals surface area contributed by atoms with Crippen LogP contribution in [0.5, 0.6) is 0 Å². The van der Waals surface area contributed by atoms with Crippen LogP contribution in [-0.2, 0) is 0 Å². The molecule has 0 spiro atoms. The quantitative estimate of drug-likeness (QED) is 0.661. The van der Waals surface area contributed by atoms with Gasteiger partial charge in [0.05, 0.1) is 11.9 Å². The van der Waals surface area contributed by atoms with Crippen LogP contribution in [0.25, 0.3) is 0 Å². The van der Waals surface area contributed by atoms with Crippen molar-refractivity contribution in [2.24, 2.45) is 0 Å². The molecule has 0 radical (unpaired) electrons. The fourth-order valence-electron chi connectivity index (χ4n) is 1.51. The molecule has 0 aromatic carbocycles. The molecule has 1 aliphatic carbocycles. The highest BCUT2D eigenvalue weighted by molar-refractivity contribution is 5.46. The minimum absolute atomic E-state index is 0.720. The molecule has 0 aliphatic heterocycles. The Morgan fingerprint density at radius 3 is 2.82 bits per heavy atom. The van der Waals surface area contributed by atoms with Crippen molar-refractivity contribution in [2.45, 2.75) is 25.2 Å². The van der Waals surface area contributed by atoms with Crippen molar-refractivity contribution in [2.75, 3.05) is 5.73 Å². The lowest BCUT2D eigenvalue weighted by Gasteiger charge is -2.26. The van der Waals surface area contributed by atoms with Gasteiger partial charge in [-0.15, -0.1) is 0 Å². The Balaban J connectivity index is 2.28. The summed E-state index contributed by atoms with van der Waals surface area (Å²) in [6.45, 7) is 0. The van der Waals surface area contributed by atoms with Crippen molar-refractivity contribution in [1.82, 2.24) is 4.98 Å². The van der Waals surface area contributed by atoms with Gasteiger partial charge in [0, 0.05) is 6.20 Å². The molecule has 1 heterocycles. The molecule has 2 rings (SSSR count). The third-order valence-corrected chi connectivity index (χ3v) is 2.43. The molecular formula is C9H12N2. The zero-order valence-corrected chi connectivity index (χ0v) is 6.46. The summed E-state index contributed by atoms with van der Waals surface area (Å²) in [5.74, 6) is 0.720. The van der Waals surface area contributed by atoms with Gasteiger partial charge < -0.3 is 5.73 Å². The van der Waals surface area contributed by atoms with E-state index in [0.717, 1.165) is 11.6 Å². The molecule has 0 unspecified atom stereocenters. The van der Waals surface area contributed by atoms with Gasteiger partial charge in [-0.05, 0) is 30.4 Å². The summed E-state index contributed by atoms with van der Waals surface area (Å²) in [5, 5.41) is 0. The maximum atomic E-state index is 5.77. The topological polar surface area (TPSA) is 38.9 Å². The summed E-state index contributed by atoms with van der Waals surface area (Å²) in [7, 11) is 0. The summed E-state index contributed by atoms with van der Waals surface area (Å²) < 4.78 is 0. The molecule has 58 valence electrons. The zero-order chi connectivity index (χ0) is 7.68. The van der Waals surface area contributed by atoms with Gasteiger partial charge in [0.25, 0.3) is 0 Å². The van der Waals surface area contributed by atoms with Gasteiger partial charge in [-0.25, -0.2) is 0 Å². The number of rotatable bonds is 1. The normalized spacial score (nSPS) is 17.8. The standard InChI is InChI=1S/C9H12N2/c10-9-6-11-5-4-8(9)7-2-1-3-7/h4-7H,1-3,10H2. The van der Waals surface area contributed by atoms with Gasteiger partial charge in [0.1, 0.15) is 0 Å². The Morgan fingerprint density at radius 1 is 1.45 bits per heavy atom. The molecule has 1 fully saturated rings. The van der Waals surface area contributed by atoms with Crippen molar-refractivity contribution < 1.29 is 0 Å². The monoisotopic (exact) mass is 148 g/mol. The van der Waals surface area contributed by atoms with Gasteiger partial charge in [-0.2, -0.15) is 0 Å². The summed E-state index contributed by atoms with van der Waals surface area (Å²) in [6, 6.07) is 2.04. The predicted molar refractivity (Wildman–Crippen MR) is 45.2 cm³/mol. The fraction of sp³-hybridized carbons (Fsp3) is 0.444. The molecule has 1 aromatic heterocycles. The van der Waals surface area contributed by atoms with E-state index < -0.39 is 0 Å². The van der Waals surface area contributed by atoms with Crippen molar-refractivity contribution in [3.63, 3.8) is 0 Å². The number of pyridine rings is 1. The number of nitrogens with zero attached hydrogens (tertiary/aromatic N) is 1. The first-order chi connectivity index (χ1) is 5.38. The molecule has 2 nitrogen and oxygen atoms in total. The minimum atomic E-state index is 0.720. The van der Waals surface area contributed by atoms with E-state index in [2.05, 4.69) is 4.98 Å². The van der Waals surface area contributed by atoms with Gasteiger partial charge >= 0.3 is 0 Å². The number of hydrogen-bond acceptors (Lipinski definition) is 2. The number of aromatic nitrogens is 1. The molecule has 0 saturated heterocycles. The van der Waals surface area contributed by atoms with Crippen LogP contribution in [0.1, 0.15) is 30.7 Å². The van der Waals surface area contributed by atoms with Gasteiger partial charge in [-0.3, -0.25) is 4.98 Å². The molecule has 0 bridgehead atoms. The summed E-state index contributed by atoms with van der Waals surface area (Å²) in [5.41, 5.74) is 7.92. The Kier molecular flexibility index (Phi) is 1.53. The summed E-state index contributed by atoms with van der Waals surface area (Å²) >= 11 is 0. The predicted octanol–water partition coefficient (Wildman–Crippen LogP) is 1.93. The van der Waals surface area contributed by atoms with E-state index in [1.165, 1.54) is 24.8 Å². The second kappa shape index (κ2) is 2.53. The third kappa shape index (κ3) is 1.09. The van der Waals surface area contributed by atoms with Crippen molar-refractivity contribution in [3.8, 4) is 0 Å². The van der Waals surface area contributed by atoms with Crippen molar-refractivity contribution in [1.29, 1.82) is 0 Å². The zero-order valence-electron chi connectivity index (χ0n) is 6.46. The van der Waals surface area contributed by atoms with E-state index in [9.17, 15) is 0 Å². The lowest BCUT2D eigenvalue weighted by molar-refractivity contribution is 0.420.